The Kier molecular flexibility index (Phi) is 27.7. The van der Waals surface area contributed by atoms with Crippen molar-refractivity contribution >= 4 is 19.8 Å². The molecule has 0 radical (unpaired) electrons. The molecule has 0 amide bonds. The van der Waals surface area contributed by atoms with E-state index < -0.39 is 58.4 Å². The number of unbranched alkanes of at least 4 members (excludes halogenated alkanes) is 9. The monoisotopic (exact) mass is 632 g/mol. The van der Waals surface area contributed by atoms with Crippen molar-refractivity contribution < 1.29 is 47.8 Å². The lowest BCUT2D eigenvalue weighted by atomic mass is 10.1. The molecule has 0 aliphatic rings. The fourth-order valence-corrected chi connectivity index (χ4v) is 4.65. The molecule has 0 bridgehead atoms. The molecule has 0 aliphatic heterocycles. The van der Waals surface area contributed by atoms with Gasteiger partial charge in [0.05, 0.1) is 26.4 Å². The zero-order valence-corrected chi connectivity index (χ0v) is 27.3. The van der Waals surface area contributed by atoms with E-state index in [-0.39, 0.29) is 12.8 Å². The first kappa shape index (κ1) is 41.2. The Morgan fingerprint density at radius 2 is 1.07 bits per heavy atom. The molecule has 0 aromatic carbocycles. The van der Waals surface area contributed by atoms with Crippen molar-refractivity contribution in [1.82, 2.24) is 0 Å². The number of esters is 2. The van der Waals surface area contributed by atoms with Crippen LogP contribution in [0.25, 0.3) is 0 Å². The number of aliphatic hydroxyl groups excluding tert-OH is 2. The average molecular weight is 633 g/mol. The summed E-state index contributed by atoms with van der Waals surface area (Å²) in [7, 11) is -4.60. The third-order valence-corrected chi connectivity index (χ3v) is 7.28. The minimum atomic E-state index is -4.60. The molecule has 0 saturated carbocycles. The van der Waals surface area contributed by atoms with Gasteiger partial charge in [-0.3, -0.25) is 18.6 Å². The molecular formula is C32H57O10P. The van der Waals surface area contributed by atoms with E-state index in [4.69, 9.17) is 18.5 Å². The van der Waals surface area contributed by atoms with Gasteiger partial charge in [0.1, 0.15) is 12.2 Å². The molecule has 0 rings (SSSR count). The Hall–Kier alpha value is -1.81. The number of hydrogen-bond donors (Lipinski definition) is 3. The molecule has 0 aromatic heterocycles. The molecule has 0 heterocycles. The molecule has 0 saturated heterocycles. The minimum absolute atomic E-state index is 0.141. The van der Waals surface area contributed by atoms with Crippen LogP contribution in [0.2, 0.25) is 0 Å². The maximum absolute atomic E-state index is 12.1. The van der Waals surface area contributed by atoms with Crippen molar-refractivity contribution in [3.8, 4) is 0 Å². The highest BCUT2D eigenvalue weighted by atomic mass is 31.2. The predicted molar refractivity (Wildman–Crippen MR) is 168 cm³/mol. The summed E-state index contributed by atoms with van der Waals surface area (Å²) >= 11 is 0. The number of allylic oxidation sites excluding steroid dienone is 6. The molecule has 250 valence electrons. The maximum atomic E-state index is 12.1. The first-order valence-corrected chi connectivity index (χ1v) is 17.4. The lowest BCUT2D eigenvalue weighted by Crippen LogP contribution is -2.28. The van der Waals surface area contributed by atoms with E-state index in [1.165, 1.54) is 25.7 Å². The summed E-state index contributed by atoms with van der Waals surface area (Å²) in [4.78, 5) is 33.4. The molecule has 3 N–H and O–H groups in total. The zero-order valence-electron chi connectivity index (χ0n) is 26.4. The Labute approximate surface area is 259 Å². The number of hydrogen-bond acceptors (Lipinski definition) is 9. The molecule has 0 aromatic rings. The van der Waals surface area contributed by atoms with Crippen LogP contribution in [0.5, 0.6) is 0 Å². The smallest absolute Gasteiger partial charge is 0.457 e. The van der Waals surface area contributed by atoms with Gasteiger partial charge in [-0.25, -0.2) is 4.57 Å². The first-order valence-electron chi connectivity index (χ1n) is 15.9. The molecule has 11 heteroatoms. The summed E-state index contributed by atoms with van der Waals surface area (Å²) < 4.78 is 31.7. The standard InChI is InChI=1S/C32H57O10P/c1-3-5-6-7-8-9-10-11-12-13-14-15-16-17-18-19-20-21-22-24-32(36)42-30(26-34)28-40-43(37,38)39-27-29(25-33)41-31(35)23-4-2/h8-9,11-12,14-15,29-30,33-34H,3-7,10,13,16-28H2,1-2H3,(H,37,38)/b9-8-,12-11-,15-14-. The van der Waals surface area contributed by atoms with Gasteiger partial charge < -0.3 is 24.6 Å². The van der Waals surface area contributed by atoms with Crippen LogP contribution < -0.4 is 0 Å². The van der Waals surface area contributed by atoms with E-state index in [1.807, 2.05) is 0 Å². The van der Waals surface area contributed by atoms with E-state index in [9.17, 15) is 29.3 Å². The van der Waals surface area contributed by atoms with Gasteiger partial charge in [-0.2, -0.15) is 0 Å². The quantitative estimate of drug-likeness (QED) is 0.0345. The first-order chi connectivity index (χ1) is 20.8. The largest absolute Gasteiger partial charge is 0.472 e. The summed E-state index contributed by atoms with van der Waals surface area (Å²) in [6.07, 6.45) is 26.0. The minimum Gasteiger partial charge on any atom is -0.457 e. The van der Waals surface area contributed by atoms with Crippen LogP contribution in [-0.2, 0) is 32.7 Å². The van der Waals surface area contributed by atoms with Crippen molar-refractivity contribution in [2.45, 2.75) is 129 Å². The second kappa shape index (κ2) is 28.9. The third-order valence-electron chi connectivity index (χ3n) is 6.33. The number of rotatable bonds is 29. The summed E-state index contributed by atoms with van der Waals surface area (Å²) in [5.74, 6) is -1.09. The number of phosphoric acid groups is 1. The lowest BCUT2D eigenvalue weighted by Gasteiger charge is -2.20. The van der Waals surface area contributed by atoms with E-state index in [0.717, 1.165) is 51.4 Å². The normalized spacial score (nSPS) is 14.8. The van der Waals surface area contributed by atoms with Gasteiger partial charge in [-0.15, -0.1) is 0 Å². The Morgan fingerprint density at radius 3 is 1.56 bits per heavy atom. The molecular weight excluding hydrogens is 575 g/mol. The van der Waals surface area contributed by atoms with Crippen LogP contribution in [0.4, 0.5) is 0 Å². The van der Waals surface area contributed by atoms with Gasteiger partial charge in [-0.1, -0.05) is 88.8 Å². The highest BCUT2D eigenvalue weighted by Gasteiger charge is 2.27. The van der Waals surface area contributed by atoms with Crippen molar-refractivity contribution in [3.63, 3.8) is 0 Å². The van der Waals surface area contributed by atoms with Crippen LogP contribution >= 0.6 is 7.82 Å². The molecule has 10 nitrogen and oxygen atoms in total. The molecule has 0 aliphatic carbocycles. The SMILES string of the molecule is CCCCC/C=C\C/C=C\C/C=C\CCCCCCCCC(=O)OC(CO)COP(=O)(O)OCC(CO)OC(=O)CCC. The summed E-state index contributed by atoms with van der Waals surface area (Å²) in [5, 5.41) is 18.7. The van der Waals surface area contributed by atoms with Crippen LogP contribution in [-0.4, -0.2) is 65.7 Å². The fraction of sp³-hybridized carbons (Fsp3) is 0.750. The fourth-order valence-electron chi connectivity index (χ4n) is 3.86. The Balaban J connectivity index is 3.89. The van der Waals surface area contributed by atoms with Gasteiger partial charge in [0.15, 0.2) is 0 Å². The van der Waals surface area contributed by atoms with Crippen LogP contribution in [0.3, 0.4) is 0 Å². The van der Waals surface area contributed by atoms with Gasteiger partial charge >= 0.3 is 19.8 Å². The van der Waals surface area contributed by atoms with Crippen LogP contribution in [0, 0.1) is 0 Å². The van der Waals surface area contributed by atoms with Crippen molar-refractivity contribution in [2.75, 3.05) is 26.4 Å². The highest BCUT2D eigenvalue weighted by Crippen LogP contribution is 2.43. The molecule has 0 spiro atoms. The zero-order chi connectivity index (χ0) is 32.0. The van der Waals surface area contributed by atoms with Gasteiger partial charge in [0.2, 0.25) is 0 Å². The second-order valence-electron chi connectivity index (χ2n) is 10.4. The van der Waals surface area contributed by atoms with E-state index >= 15 is 0 Å². The van der Waals surface area contributed by atoms with Crippen molar-refractivity contribution in [2.24, 2.45) is 0 Å². The third kappa shape index (κ3) is 27.5. The number of ether oxygens (including phenoxy) is 2. The van der Waals surface area contributed by atoms with E-state index in [0.29, 0.717) is 12.8 Å². The topological polar surface area (TPSA) is 149 Å². The highest BCUT2D eigenvalue weighted by molar-refractivity contribution is 7.47. The molecule has 43 heavy (non-hydrogen) atoms. The average Bonchev–Trinajstić information content (AvgIpc) is 2.98. The number of phosphoric ester groups is 1. The summed E-state index contributed by atoms with van der Waals surface area (Å²) in [6, 6.07) is 0. The summed E-state index contributed by atoms with van der Waals surface area (Å²) in [5.41, 5.74) is 0. The number of aliphatic hydroxyl groups is 2. The molecule has 0 fully saturated rings. The molecule has 3 atom stereocenters. The van der Waals surface area contributed by atoms with Crippen molar-refractivity contribution in [3.05, 3.63) is 36.5 Å². The van der Waals surface area contributed by atoms with Gasteiger partial charge in [0, 0.05) is 12.8 Å². The second-order valence-corrected chi connectivity index (χ2v) is 11.9. The Morgan fingerprint density at radius 1 is 0.628 bits per heavy atom. The number of carbonyl (C=O) groups excluding carboxylic acids is 2. The predicted octanol–water partition coefficient (Wildman–Crippen LogP) is 6.88. The van der Waals surface area contributed by atoms with E-state index in [2.05, 4.69) is 43.4 Å². The van der Waals surface area contributed by atoms with Gasteiger partial charge in [-0.05, 0) is 51.4 Å². The van der Waals surface area contributed by atoms with E-state index in [1.54, 1.807) is 6.92 Å². The summed E-state index contributed by atoms with van der Waals surface area (Å²) in [6.45, 7) is 1.69. The van der Waals surface area contributed by atoms with Crippen LogP contribution in [0.1, 0.15) is 117 Å². The van der Waals surface area contributed by atoms with Crippen LogP contribution in [0.15, 0.2) is 36.5 Å². The number of carbonyl (C=O) groups is 2. The maximum Gasteiger partial charge on any atom is 0.472 e. The lowest BCUT2D eigenvalue weighted by molar-refractivity contribution is -0.153. The molecule has 3 unspecified atom stereocenters. The van der Waals surface area contributed by atoms with Gasteiger partial charge in [0.25, 0.3) is 0 Å². The Bertz CT molecular complexity index is 827. The van der Waals surface area contributed by atoms with Crippen molar-refractivity contribution in [1.29, 1.82) is 0 Å².